The maximum Gasteiger partial charge on any atom is 0.226 e. The summed E-state index contributed by atoms with van der Waals surface area (Å²) >= 11 is 3.20. The van der Waals surface area contributed by atoms with E-state index in [1.165, 1.54) is 16.4 Å². The average Bonchev–Trinajstić information content (AvgIpc) is 3.08. The molecule has 0 spiro atoms. The first-order valence-electron chi connectivity index (χ1n) is 5.59. The third-order valence-electron chi connectivity index (χ3n) is 2.48. The van der Waals surface area contributed by atoms with Gasteiger partial charge < -0.3 is 4.74 Å². The lowest BCUT2D eigenvalue weighted by Crippen LogP contribution is -1.94. The van der Waals surface area contributed by atoms with Crippen LogP contribution in [-0.4, -0.2) is 4.37 Å². The zero-order chi connectivity index (χ0) is 12.2. The number of thiophene rings is 1. The van der Waals surface area contributed by atoms with Crippen LogP contribution in [0.15, 0.2) is 53.9 Å². The van der Waals surface area contributed by atoms with Gasteiger partial charge in [0.25, 0.3) is 0 Å². The highest BCUT2D eigenvalue weighted by Gasteiger charge is 2.06. The third-order valence-corrected chi connectivity index (χ3v) is 4.32. The number of benzene rings is 1. The second-order valence-electron chi connectivity index (χ2n) is 3.78. The lowest BCUT2D eigenvalue weighted by atomic mass is 10.2. The monoisotopic (exact) mass is 273 g/mol. The molecule has 0 N–H and O–H groups in total. The molecule has 2 nitrogen and oxygen atoms in total. The number of ether oxygens (including phenoxy) is 1. The van der Waals surface area contributed by atoms with Gasteiger partial charge in [-0.15, -0.1) is 11.3 Å². The molecule has 0 saturated heterocycles. The van der Waals surface area contributed by atoms with Gasteiger partial charge in [0.15, 0.2) is 0 Å². The SMILES string of the molecule is c1ccc(COc2cc(-c3cccs3)sn2)cc1. The van der Waals surface area contributed by atoms with E-state index in [-0.39, 0.29) is 0 Å². The number of hydrogen-bond acceptors (Lipinski definition) is 4. The van der Waals surface area contributed by atoms with Gasteiger partial charge in [0.2, 0.25) is 5.88 Å². The molecule has 90 valence electrons. The Labute approximate surface area is 114 Å². The van der Waals surface area contributed by atoms with Crippen molar-refractivity contribution in [3.8, 4) is 15.6 Å². The third kappa shape index (κ3) is 2.60. The quantitative estimate of drug-likeness (QED) is 0.700. The van der Waals surface area contributed by atoms with E-state index in [4.69, 9.17) is 4.74 Å². The molecule has 3 rings (SSSR count). The van der Waals surface area contributed by atoms with Crippen LogP contribution in [0.5, 0.6) is 5.88 Å². The summed E-state index contributed by atoms with van der Waals surface area (Å²) in [6.07, 6.45) is 0. The number of aromatic nitrogens is 1. The highest BCUT2D eigenvalue weighted by atomic mass is 32.1. The van der Waals surface area contributed by atoms with E-state index >= 15 is 0 Å². The van der Waals surface area contributed by atoms with Crippen LogP contribution in [0, 0.1) is 0 Å². The maximum atomic E-state index is 5.67. The van der Waals surface area contributed by atoms with Gasteiger partial charge in [0.1, 0.15) is 6.61 Å². The Hall–Kier alpha value is -1.65. The van der Waals surface area contributed by atoms with Gasteiger partial charge in [-0.05, 0) is 28.5 Å². The molecular formula is C14H11NOS2. The molecule has 0 unspecified atom stereocenters. The fourth-order valence-electron chi connectivity index (χ4n) is 1.59. The molecule has 4 heteroatoms. The summed E-state index contributed by atoms with van der Waals surface area (Å²) in [7, 11) is 0. The predicted octanol–water partition coefficient (Wildman–Crippen LogP) is 4.45. The summed E-state index contributed by atoms with van der Waals surface area (Å²) in [6, 6.07) is 16.3. The van der Waals surface area contributed by atoms with Crippen LogP contribution in [0.1, 0.15) is 5.56 Å². The van der Waals surface area contributed by atoms with Crippen molar-refractivity contribution in [2.24, 2.45) is 0 Å². The Balaban J connectivity index is 1.68. The second-order valence-corrected chi connectivity index (χ2v) is 5.53. The van der Waals surface area contributed by atoms with Gasteiger partial charge in [0, 0.05) is 10.9 Å². The minimum Gasteiger partial charge on any atom is -0.472 e. The first kappa shape index (κ1) is 11.4. The van der Waals surface area contributed by atoms with Crippen molar-refractivity contribution < 1.29 is 4.74 Å². The van der Waals surface area contributed by atoms with Crippen LogP contribution in [0.3, 0.4) is 0 Å². The molecule has 0 aliphatic carbocycles. The highest BCUT2D eigenvalue weighted by Crippen LogP contribution is 2.31. The lowest BCUT2D eigenvalue weighted by Gasteiger charge is -2.01. The van der Waals surface area contributed by atoms with Crippen molar-refractivity contribution in [3.63, 3.8) is 0 Å². The first-order valence-corrected chi connectivity index (χ1v) is 7.24. The van der Waals surface area contributed by atoms with Crippen molar-refractivity contribution in [1.82, 2.24) is 4.37 Å². The van der Waals surface area contributed by atoms with Crippen molar-refractivity contribution in [2.45, 2.75) is 6.61 Å². The topological polar surface area (TPSA) is 22.1 Å². The van der Waals surface area contributed by atoms with Crippen LogP contribution in [-0.2, 0) is 6.61 Å². The minimum atomic E-state index is 0.564. The molecule has 0 bridgehead atoms. The Morgan fingerprint density at radius 1 is 1.00 bits per heavy atom. The van der Waals surface area contributed by atoms with Crippen molar-refractivity contribution >= 4 is 22.9 Å². The molecular weight excluding hydrogens is 262 g/mol. The number of hydrogen-bond donors (Lipinski definition) is 0. The first-order chi connectivity index (χ1) is 8.92. The molecule has 0 amide bonds. The molecule has 18 heavy (non-hydrogen) atoms. The highest BCUT2D eigenvalue weighted by molar-refractivity contribution is 7.18. The summed E-state index contributed by atoms with van der Waals surface area (Å²) in [6.45, 7) is 0.564. The lowest BCUT2D eigenvalue weighted by molar-refractivity contribution is 0.297. The summed E-state index contributed by atoms with van der Waals surface area (Å²) < 4.78 is 9.99. The molecule has 1 aromatic carbocycles. The zero-order valence-electron chi connectivity index (χ0n) is 9.58. The number of rotatable bonds is 4. The van der Waals surface area contributed by atoms with Crippen molar-refractivity contribution in [1.29, 1.82) is 0 Å². The van der Waals surface area contributed by atoms with E-state index in [1.54, 1.807) is 11.3 Å². The summed E-state index contributed by atoms with van der Waals surface area (Å²) in [5, 5.41) is 2.07. The molecule has 3 aromatic rings. The van der Waals surface area contributed by atoms with Crippen molar-refractivity contribution in [3.05, 3.63) is 59.5 Å². The van der Waals surface area contributed by atoms with E-state index in [0.29, 0.717) is 12.5 Å². The van der Waals surface area contributed by atoms with E-state index in [0.717, 1.165) is 10.4 Å². The van der Waals surface area contributed by atoms with Gasteiger partial charge >= 0.3 is 0 Å². The van der Waals surface area contributed by atoms with E-state index in [1.807, 2.05) is 42.5 Å². The largest absolute Gasteiger partial charge is 0.472 e. The van der Waals surface area contributed by atoms with Gasteiger partial charge in [-0.1, -0.05) is 36.4 Å². The molecule has 0 saturated carbocycles. The van der Waals surface area contributed by atoms with E-state index in [2.05, 4.69) is 15.8 Å². The van der Waals surface area contributed by atoms with Crippen LogP contribution in [0.2, 0.25) is 0 Å². The van der Waals surface area contributed by atoms with Crippen LogP contribution in [0.4, 0.5) is 0 Å². The zero-order valence-corrected chi connectivity index (χ0v) is 11.2. The Bertz CT molecular complexity index is 602. The maximum absolute atomic E-state index is 5.67. The molecule has 0 fully saturated rings. The molecule has 2 aromatic heterocycles. The summed E-state index contributed by atoms with van der Waals surface area (Å²) in [5.41, 5.74) is 1.16. The molecule has 2 heterocycles. The molecule has 0 radical (unpaired) electrons. The van der Waals surface area contributed by atoms with E-state index < -0.39 is 0 Å². The van der Waals surface area contributed by atoms with E-state index in [9.17, 15) is 0 Å². The number of nitrogens with zero attached hydrogens (tertiary/aromatic N) is 1. The Morgan fingerprint density at radius 3 is 2.67 bits per heavy atom. The minimum absolute atomic E-state index is 0.564. The Kier molecular flexibility index (Phi) is 3.39. The van der Waals surface area contributed by atoms with Gasteiger partial charge in [0.05, 0.1) is 4.88 Å². The molecule has 0 aliphatic rings. The van der Waals surface area contributed by atoms with Crippen molar-refractivity contribution in [2.75, 3.05) is 0 Å². The van der Waals surface area contributed by atoms with Gasteiger partial charge in [-0.2, -0.15) is 4.37 Å². The summed E-state index contributed by atoms with van der Waals surface area (Å²) in [4.78, 5) is 2.40. The smallest absolute Gasteiger partial charge is 0.226 e. The fourth-order valence-corrected chi connectivity index (χ4v) is 3.09. The second kappa shape index (κ2) is 5.33. The van der Waals surface area contributed by atoms with Crippen LogP contribution >= 0.6 is 22.9 Å². The van der Waals surface area contributed by atoms with Gasteiger partial charge in [-0.25, -0.2) is 0 Å². The summed E-state index contributed by atoms with van der Waals surface area (Å²) in [5.74, 6) is 0.701. The van der Waals surface area contributed by atoms with Crippen LogP contribution in [0.25, 0.3) is 9.75 Å². The molecule has 0 aliphatic heterocycles. The standard InChI is InChI=1S/C14H11NOS2/c1-2-5-11(6-3-1)10-16-14-9-13(18-15-14)12-7-4-8-17-12/h1-9H,10H2. The van der Waals surface area contributed by atoms with Gasteiger partial charge in [-0.3, -0.25) is 0 Å². The fraction of sp³-hybridized carbons (Fsp3) is 0.0714. The Morgan fingerprint density at radius 2 is 1.89 bits per heavy atom. The average molecular weight is 273 g/mol. The molecule has 0 atom stereocenters. The predicted molar refractivity (Wildman–Crippen MR) is 76.2 cm³/mol. The normalized spacial score (nSPS) is 10.4. The van der Waals surface area contributed by atoms with Crippen LogP contribution < -0.4 is 4.74 Å².